The maximum Gasteiger partial charge on any atom is 0.219 e. The minimum Gasteiger partial charge on any atom is -0.356 e. The van der Waals surface area contributed by atoms with Crippen LogP contribution in [-0.4, -0.2) is 25.5 Å². The van der Waals surface area contributed by atoms with Crippen molar-refractivity contribution in [2.75, 3.05) is 19.6 Å². The Morgan fingerprint density at radius 1 is 1.40 bits per heavy atom. The molecule has 2 N–H and O–H groups in total. The molecule has 1 saturated heterocycles. The van der Waals surface area contributed by atoms with E-state index in [4.69, 9.17) is 0 Å². The first-order valence-electron chi connectivity index (χ1n) is 6.30. The zero-order valence-corrected chi connectivity index (χ0v) is 9.85. The molecule has 1 fully saturated rings. The van der Waals surface area contributed by atoms with Gasteiger partial charge in [-0.3, -0.25) is 4.79 Å². The number of rotatable bonds is 5. The van der Waals surface area contributed by atoms with Gasteiger partial charge in [0.05, 0.1) is 0 Å². The molecule has 0 aliphatic carbocycles. The minimum absolute atomic E-state index is 0.178. The van der Waals surface area contributed by atoms with Crippen LogP contribution in [0.2, 0.25) is 0 Å². The van der Waals surface area contributed by atoms with Crippen molar-refractivity contribution >= 4 is 5.91 Å². The Bertz CT molecular complexity index is 174. The SMILES string of the molecule is CCC(=O)NCCCC1CCCNCC1. The lowest BCUT2D eigenvalue weighted by Gasteiger charge is -2.13. The second-order valence-electron chi connectivity index (χ2n) is 4.39. The summed E-state index contributed by atoms with van der Waals surface area (Å²) in [5.74, 6) is 1.05. The van der Waals surface area contributed by atoms with E-state index < -0.39 is 0 Å². The predicted octanol–water partition coefficient (Wildman–Crippen LogP) is 1.68. The Morgan fingerprint density at radius 3 is 3.07 bits per heavy atom. The number of hydrogen-bond acceptors (Lipinski definition) is 2. The van der Waals surface area contributed by atoms with E-state index >= 15 is 0 Å². The number of nitrogens with one attached hydrogen (secondary N) is 2. The molecule has 3 heteroatoms. The van der Waals surface area contributed by atoms with Gasteiger partial charge >= 0.3 is 0 Å². The molecule has 1 aliphatic rings. The van der Waals surface area contributed by atoms with Crippen LogP contribution >= 0.6 is 0 Å². The van der Waals surface area contributed by atoms with Crippen molar-refractivity contribution < 1.29 is 4.79 Å². The van der Waals surface area contributed by atoms with E-state index in [2.05, 4.69) is 10.6 Å². The number of carbonyl (C=O) groups is 1. The quantitative estimate of drug-likeness (QED) is 0.681. The van der Waals surface area contributed by atoms with Gasteiger partial charge in [-0.1, -0.05) is 6.92 Å². The van der Waals surface area contributed by atoms with E-state index in [1.54, 1.807) is 0 Å². The lowest BCUT2D eigenvalue weighted by atomic mass is 9.95. The van der Waals surface area contributed by atoms with Gasteiger partial charge < -0.3 is 10.6 Å². The molecule has 0 aromatic carbocycles. The minimum atomic E-state index is 0.178. The van der Waals surface area contributed by atoms with Crippen LogP contribution in [0.25, 0.3) is 0 Å². The largest absolute Gasteiger partial charge is 0.356 e. The molecule has 15 heavy (non-hydrogen) atoms. The highest BCUT2D eigenvalue weighted by molar-refractivity contribution is 5.75. The summed E-state index contributed by atoms with van der Waals surface area (Å²) in [5.41, 5.74) is 0. The van der Waals surface area contributed by atoms with E-state index in [0.29, 0.717) is 6.42 Å². The third-order valence-electron chi connectivity index (χ3n) is 3.13. The molecule has 1 unspecified atom stereocenters. The molecule has 0 bridgehead atoms. The molecule has 1 aliphatic heterocycles. The van der Waals surface area contributed by atoms with Gasteiger partial charge in [0.2, 0.25) is 5.91 Å². The van der Waals surface area contributed by atoms with Crippen LogP contribution < -0.4 is 10.6 Å². The fourth-order valence-electron chi connectivity index (χ4n) is 2.12. The van der Waals surface area contributed by atoms with Gasteiger partial charge in [0.15, 0.2) is 0 Å². The van der Waals surface area contributed by atoms with Crippen LogP contribution in [0.5, 0.6) is 0 Å². The third kappa shape index (κ3) is 5.78. The molecule has 0 saturated carbocycles. The van der Waals surface area contributed by atoms with Gasteiger partial charge in [0, 0.05) is 13.0 Å². The van der Waals surface area contributed by atoms with E-state index in [-0.39, 0.29) is 5.91 Å². The monoisotopic (exact) mass is 212 g/mol. The lowest BCUT2D eigenvalue weighted by Crippen LogP contribution is -2.23. The van der Waals surface area contributed by atoms with Crippen molar-refractivity contribution in [3.05, 3.63) is 0 Å². The van der Waals surface area contributed by atoms with Crippen molar-refractivity contribution in [1.82, 2.24) is 10.6 Å². The average molecular weight is 212 g/mol. The molecule has 88 valence electrons. The van der Waals surface area contributed by atoms with E-state index in [0.717, 1.165) is 18.9 Å². The molecule has 0 radical (unpaired) electrons. The zero-order valence-electron chi connectivity index (χ0n) is 9.85. The molecule has 0 spiro atoms. The van der Waals surface area contributed by atoms with E-state index in [9.17, 15) is 4.79 Å². The Hall–Kier alpha value is -0.570. The van der Waals surface area contributed by atoms with Gasteiger partial charge in [-0.25, -0.2) is 0 Å². The fraction of sp³-hybridized carbons (Fsp3) is 0.917. The predicted molar refractivity (Wildman–Crippen MR) is 62.7 cm³/mol. The topological polar surface area (TPSA) is 41.1 Å². The third-order valence-corrected chi connectivity index (χ3v) is 3.13. The highest BCUT2D eigenvalue weighted by atomic mass is 16.1. The van der Waals surface area contributed by atoms with Gasteiger partial charge in [0.25, 0.3) is 0 Å². The van der Waals surface area contributed by atoms with Gasteiger partial charge in [-0.15, -0.1) is 0 Å². The van der Waals surface area contributed by atoms with Crippen molar-refractivity contribution in [3.63, 3.8) is 0 Å². The first-order valence-corrected chi connectivity index (χ1v) is 6.30. The maximum atomic E-state index is 11.0. The van der Waals surface area contributed by atoms with Crippen LogP contribution in [0.1, 0.15) is 45.4 Å². The number of amides is 1. The summed E-state index contributed by atoms with van der Waals surface area (Å²) in [6.07, 6.45) is 6.98. The Balaban J connectivity index is 2.00. The summed E-state index contributed by atoms with van der Waals surface area (Å²) in [4.78, 5) is 11.0. The highest BCUT2D eigenvalue weighted by Gasteiger charge is 2.11. The van der Waals surface area contributed by atoms with Crippen molar-refractivity contribution in [2.24, 2.45) is 5.92 Å². The summed E-state index contributed by atoms with van der Waals surface area (Å²) >= 11 is 0. The summed E-state index contributed by atoms with van der Waals surface area (Å²) < 4.78 is 0. The van der Waals surface area contributed by atoms with Gasteiger partial charge in [-0.2, -0.15) is 0 Å². The van der Waals surface area contributed by atoms with E-state index in [1.165, 1.54) is 38.8 Å². The van der Waals surface area contributed by atoms with Crippen LogP contribution in [0, 0.1) is 5.92 Å². The molecular formula is C12H24N2O. The summed E-state index contributed by atoms with van der Waals surface area (Å²) in [6, 6.07) is 0. The van der Waals surface area contributed by atoms with Crippen LogP contribution in [0.3, 0.4) is 0 Å². The van der Waals surface area contributed by atoms with E-state index in [1.807, 2.05) is 6.92 Å². The lowest BCUT2D eigenvalue weighted by molar-refractivity contribution is -0.120. The fourth-order valence-corrected chi connectivity index (χ4v) is 2.12. The molecule has 3 nitrogen and oxygen atoms in total. The first-order chi connectivity index (χ1) is 7.33. The molecule has 0 aromatic heterocycles. The second kappa shape index (κ2) is 7.69. The first kappa shape index (κ1) is 12.5. The Labute approximate surface area is 93.0 Å². The van der Waals surface area contributed by atoms with Crippen molar-refractivity contribution in [1.29, 1.82) is 0 Å². The van der Waals surface area contributed by atoms with Gasteiger partial charge in [0.1, 0.15) is 0 Å². The van der Waals surface area contributed by atoms with Crippen LogP contribution in [0.15, 0.2) is 0 Å². The summed E-state index contributed by atoms with van der Waals surface area (Å²) in [5, 5.41) is 6.36. The second-order valence-corrected chi connectivity index (χ2v) is 4.39. The van der Waals surface area contributed by atoms with Crippen LogP contribution in [0.4, 0.5) is 0 Å². The number of hydrogen-bond donors (Lipinski definition) is 2. The van der Waals surface area contributed by atoms with Crippen molar-refractivity contribution in [2.45, 2.75) is 45.4 Å². The molecule has 1 amide bonds. The standard InChI is InChI=1S/C12H24N2O/c1-2-12(15)14-9-4-6-11-5-3-8-13-10-7-11/h11,13H,2-10H2,1H3,(H,14,15). The Kier molecular flexibility index (Phi) is 6.41. The molecule has 1 atom stereocenters. The number of carbonyl (C=O) groups excluding carboxylic acids is 1. The molecule has 1 rings (SSSR count). The Morgan fingerprint density at radius 2 is 2.27 bits per heavy atom. The zero-order chi connectivity index (χ0) is 10.9. The van der Waals surface area contributed by atoms with Gasteiger partial charge in [-0.05, 0) is 51.1 Å². The molecule has 1 heterocycles. The highest BCUT2D eigenvalue weighted by Crippen LogP contribution is 2.18. The normalized spacial score (nSPS) is 22.1. The summed E-state index contributed by atoms with van der Waals surface area (Å²) in [7, 11) is 0. The van der Waals surface area contributed by atoms with Crippen molar-refractivity contribution in [3.8, 4) is 0 Å². The molecular weight excluding hydrogens is 188 g/mol. The van der Waals surface area contributed by atoms with Crippen LogP contribution in [-0.2, 0) is 4.79 Å². The summed E-state index contributed by atoms with van der Waals surface area (Å²) in [6.45, 7) is 5.11. The average Bonchev–Trinajstić information content (AvgIpc) is 2.52. The maximum absolute atomic E-state index is 11.0. The smallest absolute Gasteiger partial charge is 0.219 e. The molecule has 0 aromatic rings.